The zero-order valence-corrected chi connectivity index (χ0v) is 16.2. The van der Waals surface area contributed by atoms with E-state index in [4.69, 9.17) is 4.98 Å². The van der Waals surface area contributed by atoms with Crippen LogP contribution in [0.15, 0.2) is 58.5 Å². The number of nitro benzene ring substituents is 1. The summed E-state index contributed by atoms with van der Waals surface area (Å²) < 4.78 is 1.53. The summed E-state index contributed by atoms with van der Waals surface area (Å²) in [5, 5.41) is 12.7. The third-order valence-electron chi connectivity index (χ3n) is 4.69. The summed E-state index contributed by atoms with van der Waals surface area (Å²) in [5.74, 6) is 0. The first kappa shape index (κ1) is 18.2. The van der Waals surface area contributed by atoms with Crippen LogP contribution in [0.5, 0.6) is 0 Å². The number of rotatable bonds is 5. The molecule has 1 atom stereocenters. The highest BCUT2D eigenvalue weighted by Gasteiger charge is 2.19. The molecule has 28 heavy (non-hydrogen) atoms. The van der Waals surface area contributed by atoms with Crippen molar-refractivity contribution in [1.29, 1.82) is 0 Å². The molecule has 0 spiro atoms. The van der Waals surface area contributed by atoms with E-state index < -0.39 is 4.92 Å². The number of para-hydroxylation sites is 1. The van der Waals surface area contributed by atoms with Gasteiger partial charge in [0, 0.05) is 28.3 Å². The van der Waals surface area contributed by atoms with Gasteiger partial charge in [-0.3, -0.25) is 19.5 Å². The van der Waals surface area contributed by atoms with Gasteiger partial charge in [0.1, 0.15) is 11.0 Å². The molecule has 0 amide bonds. The average molecular weight is 394 g/mol. The van der Waals surface area contributed by atoms with E-state index in [-0.39, 0.29) is 16.5 Å². The monoisotopic (exact) mass is 394 g/mol. The van der Waals surface area contributed by atoms with Crippen LogP contribution in [-0.2, 0) is 0 Å². The van der Waals surface area contributed by atoms with Crippen molar-refractivity contribution in [3.8, 4) is 5.69 Å². The summed E-state index contributed by atoms with van der Waals surface area (Å²) in [6.45, 7) is 4.16. The largest absolute Gasteiger partial charge is 0.349 e. The number of H-pyrrole nitrogens is 1. The summed E-state index contributed by atoms with van der Waals surface area (Å²) in [5.41, 5.74) is 2.23. The van der Waals surface area contributed by atoms with Gasteiger partial charge in [0.15, 0.2) is 5.16 Å². The molecule has 2 aromatic carbocycles. The van der Waals surface area contributed by atoms with Crippen LogP contribution in [0.25, 0.3) is 27.6 Å². The molecule has 2 aromatic heterocycles. The Hall–Kier alpha value is -3.13. The van der Waals surface area contributed by atoms with Crippen LogP contribution in [0, 0.1) is 10.1 Å². The van der Waals surface area contributed by atoms with Crippen molar-refractivity contribution in [3.63, 3.8) is 0 Å². The lowest BCUT2D eigenvalue weighted by molar-refractivity contribution is -0.384. The molecule has 7 nitrogen and oxygen atoms in total. The van der Waals surface area contributed by atoms with Gasteiger partial charge in [-0.25, -0.2) is 4.98 Å². The van der Waals surface area contributed by atoms with E-state index in [2.05, 4.69) is 18.8 Å². The molecule has 0 radical (unpaired) electrons. The van der Waals surface area contributed by atoms with Crippen molar-refractivity contribution in [2.45, 2.75) is 30.7 Å². The molecular weight excluding hydrogens is 376 g/mol. The third-order valence-corrected chi connectivity index (χ3v) is 5.91. The second-order valence-corrected chi connectivity index (χ2v) is 7.94. The summed E-state index contributed by atoms with van der Waals surface area (Å²) in [4.78, 5) is 31.8. The Morgan fingerprint density at radius 3 is 2.61 bits per heavy atom. The molecule has 2 heterocycles. The van der Waals surface area contributed by atoms with Crippen molar-refractivity contribution < 1.29 is 4.92 Å². The highest BCUT2D eigenvalue weighted by molar-refractivity contribution is 7.99. The smallest absolute Gasteiger partial charge is 0.283 e. The van der Waals surface area contributed by atoms with Crippen molar-refractivity contribution in [2.75, 3.05) is 0 Å². The minimum Gasteiger partial charge on any atom is -0.349 e. The fraction of sp³-hybridized carbons (Fsp3) is 0.200. The minimum atomic E-state index is -0.458. The molecule has 8 heteroatoms. The van der Waals surface area contributed by atoms with Crippen LogP contribution in [0.1, 0.15) is 20.3 Å². The predicted molar refractivity (Wildman–Crippen MR) is 111 cm³/mol. The summed E-state index contributed by atoms with van der Waals surface area (Å²) in [6, 6.07) is 13.6. The number of aromatic amines is 1. The number of nitro groups is 1. The predicted octanol–water partition coefficient (Wildman–Crippen LogP) is 4.67. The molecule has 0 aliphatic rings. The maximum Gasteiger partial charge on any atom is 0.283 e. The van der Waals surface area contributed by atoms with Gasteiger partial charge in [-0.1, -0.05) is 43.8 Å². The number of fused-ring (bicyclic) bond motifs is 3. The normalized spacial score (nSPS) is 12.5. The number of hydrogen-bond donors (Lipinski definition) is 1. The molecule has 0 saturated carbocycles. The van der Waals surface area contributed by atoms with Crippen LogP contribution in [0.3, 0.4) is 0 Å². The first-order valence-electron chi connectivity index (χ1n) is 8.94. The van der Waals surface area contributed by atoms with E-state index >= 15 is 0 Å². The molecule has 4 aromatic rings. The maximum absolute atomic E-state index is 13.4. The molecule has 0 aliphatic heterocycles. The van der Waals surface area contributed by atoms with Crippen molar-refractivity contribution in [2.24, 2.45) is 0 Å². The van der Waals surface area contributed by atoms with E-state index in [9.17, 15) is 14.9 Å². The molecule has 4 rings (SSSR count). The Labute approximate surface area is 164 Å². The number of benzene rings is 2. The highest BCUT2D eigenvalue weighted by atomic mass is 32.2. The van der Waals surface area contributed by atoms with Crippen LogP contribution < -0.4 is 5.56 Å². The molecule has 0 fully saturated rings. The van der Waals surface area contributed by atoms with Gasteiger partial charge in [0.05, 0.1) is 10.6 Å². The molecule has 0 bridgehead atoms. The van der Waals surface area contributed by atoms with Gasteiger partial charge in [0.25, 0.3) is 11.2 Å². The summed E-state index contributed by atoms with van der Waals surface area (Å²) >= 11 is 1.52. The first-order valence-corrected chi connectivity index (χ1v) is 9.82. The Morgan fingerprint density at radius 1 is 1.21 bits per heavy atom. The second kappa shape index (κ2) is 7.12. The quantitative estimate of drug-likeness (QED) is 0.230. The van der Waals surface area contributed by atoms with Gasteiger partial charge < -0.3 is 4.98 Å². The first-order chi connectivity index (χ1) is 13.5. The lowest BCUT2D eigenvalue weighted by Gasteiger charge is -2.14. The Kier molecular flexibility index (Phi) is 4.64. The van der Waals surface area contributed by atoms with Crippen molar-refractivity contribution in [3.05, 3.63) is 69.0 Å². The molecular formula is C20H18N4O3S. The fourth-order valence-electron chi connectivity index (χ4n) is 3.04. The molecule has 1 unspecified atom stereocenters. The van der Waals surface area contributed by atoms with Gasteiger partial charge >= 0.3 is 0 Å². The van der Waals surface area contributed by atoms with E-state index in [1.54, 1.807) is 12.1 Å². The lowest BCUT2D eigenvalue weighted by Crippen LogP contribution is -2.22. The van der Waals surface area contributed by atoms with Gasteiger partial charge in [0.2, 0.25) is 0 Å². The van der Waals surface area contributed by atoms with Gasteiger partial charge in [-0.05, 0) is 24.6 Å². The Bertz CT molecular complexity index is 1240. The van der Waals surface area contributed by atoms with E-state index in [1.165, 1.54) is 28.5 Å². The fourth-order valence-corrected chi connectivity index (χ4v) is 4.00. The van der Waals surface area contributed by atoms with Crippen LogP contribution >= 0.6 is 11.8 Å². The molecule has 0 aliphatic carbocycles. The van der Waals surface area contributed by atoms with Crippen LogP contribution in [0.2, 0.25) is 0 Å². The molecule has 0 saturated heterocycles. The number of thioether (sulfide) groups is 1. The SMILES string of the molecule is CCC(C)Sc1nc2c([nH]c3ccccc32)c(=O)n1-c1ccc([N+](=O)[O-])cc1. The maximum atomic E-state index is 13.4. The number of aromatic nitrogens is 3. The van der Waals surface area contributed by atoms with E-state index in [1.807, 2.05) is 24.3 Å². The van der Waals surface area contributed by atoms with Crippen LogP contribution in [-0.4, -0.2) is 24.7 Å². The topological polar surface area (TPSA) is 93.8 Å². The van der Waals surface area contributed by atoms with Crippen molar-refractivity contribution in [1.82, 2.24) is 14.5 Å². The van der Waals surface area contributed by atoms with Gasteiger partial charge in [-0.15, -0.1) is 0 Å². The Morgan fingerprint density at radius 2 is 1.93 bits per heavy atom. The van der Waals surface area contributed by atoms with E-state index in [0.29, 0.717) is 21.9 Å². The van der Waals surface area contributed by atoms with Crippen molar-refractivity contribution >= 4 is 39.4 Å². The van der Waals surface area contributed by atoms with Gasteiger partial charge in [-0.2, -0.15) is 0 Å². The zero-order valence-electron chi connectivity index (χ0n) is 15.4. The lowest BCUT2D eigenvalue weighted by atomic mass is 10.2. The molecule has 142 valence electrons. The van der Waals surface area contributed by atoms with E-state index in [0.717, 1.165) is 17.3 Å². The standard InChI is InChI=1S/C20H18N4O3S/c1-3-12(2)28-20-22-17-15-6-4-5-7-16(15)21-18(17)19(25)23(20)13-8-10-14(11-9-13)24(26)27/h4-12,21H,3H2,1-2H3. The number of hydrogen-bond acceptors (Lipinski definition) is 5. The number of nitrogens with one attached hydrogen (secondary N) is 1. The summed E-state index contributed by atoms with van der Waals surface area (Å²) in [6.07, 6.45) is 0.923. The van der Waals surface area contributed by atoms with Crippen LogP contribution in [0.4, 0.5) is 5.69 Å². The Balaban J connectivity index is 2.00. The molecule has 1 N–H and O–H groups in total. The average Bonchev–Trinajstić information content (AvgIpc) is 3.07. The number of non-ortho nitro benzene ring substituents is 1. The highest BCUT2D eigenvalue weighted by Crippen LogP contribution is 2.29. The second-order valence-electron chi connectivity index (χ2n) is 6.54. The summed E-state index contributed by atoms with van der Waals surface area (Å²) in [7, 11) is 0. The minimum absolute atomic E-state index is 0.0208. The number of nitrogens with zero attached hydrogens (tertiary/aromatic N) is 3. The third kappa shape index (κ3) is 3.05. The zero-order chi connectivity index (χ0) is 19.8.